The van der Waals surface area contributed by atoms with Gasteiger partial charge in [-0.2, -0.15) is 0 Å². The fourth-order valence-corrected chi connectivity index (χ4v) is 1.94. The molecule has 1 atom stereocenters. The van der Waals surface area contributed by atoms with Gasteiger partial charge in [0.05, 0.1) is 24.1 Å². The van der Waals surface area contributed by atoms with Gasteiger partial charge in [-0.3, -0.25) is 10.3 Å². The van der Waals surface area contributed by atoms with Crippen molar-refractivity contribution in [2.24, 2.45) is 4.99 Å². The van der Waals surface area contributed by atoms with Crippen molar-refractivity contribution in [2.45, 2.75) is 6.04 Å². The number of nitrogens with one attached hydrogen (secondary N) is 1. The van der Waals surface area contributed by atoms with Gasteiger partial charge < -0.3 is 4.90 Å². The third-order valence-electron chi connectivity index (χ3n) is 2.61. The Balaban J connectivity index is 2.13. The van der Waals surface area contributed by atoms with E-state index in [1.807, 2.05) is 12.3 Å². The summed E-state index contributed by atoms with van der Waals surface area (Å²) in [7, 11) is 0. The van der Waals surface area contributed by atoms with Gasteiger partial charge in [0.2, 0.25) is 0 Å². The molecule has 0 bridgehead atoms. The second kappa shape index (κ2) is 2.57. The number of benzene rings is 1. The zero-order valence-electron chi connectivity index (χ0n) is 7.27. The van der Waals surface area contributed by atoms with E-state index in [4.69, 9.17) is 0 Å². The first kappa shape index (κ1) is 7.09. The number of hydrogen-bond acceptors (Lipinski definition) is 3. The maximum absolute atomic E-state index is 4.43. The number of para-hydroxylation sites is 2. The topological polar surface area (TPSA) is 27.6 Å². The van der Waals surface area contributed by atoms with E-state index in [1.54, 1.807) is 0 Å². The van der Waals surface area contributed by atoms with Gasteiger partial charge in [0, 0.05) is 12.8 Å². The van der Waals surface area contributed by atoms with E-state index in [0.717, 1.165) is 18.9 Å². The van der Waals surface area contributed by atoms with Crippen LogP contribution in [0, 0.1) is 0 Å². The molecule has 66 valence electrons. The number of fused-ring (bicyclic) bond motifs is 3. The molecule has 1 fully saturated rings. The lowest BCUT2D eigenvalue weighted by Gasteiger charge is -2.27. The monoisotopic (exact) mass is 173 g/mol. The Morgan fingerprint density at radius 1 is 1.38 bits per heavy atom. The van der Waals surface area contributed by atoms with Crippen LogP contribution in [-0.2, 0) is 0 Å². The maximum atomic E-state index is 4.43. The van der Waals surface area contributed by atoms with Crippen LogP contribution in [0.3, 0.4) is 0 Å². The molecular weight excluding hydrogens is 162 g/mol. The molecule has 0 aromatic heterocycles. The molecule has 13 heavy (non-hydrogen) atoms. The Hall–Kier alpha value is -1.35. The Kier molecular flexibility index (Phi) is 1.40. The van der Waals surface area contributed by atoms with Gasteiger partial charge in [-0.25, -0.2) is 0 Å². The molecule has 1 aromatic carbocycles. The van der Waals surface area contributed by atoms with Crippen LogP contribution >= 0.6 is 0 Å². The first-order valence-electron chi connectivity index (χ1n) is 4.56. The molecule has 3 rings (SSSR count). The summed E-state index contributed by atoms with van der Waals surface area (Å²) in [5.41, 5.74) is 2.34. The second-order valence-electron chi connectivity index (χ2n) is 3.42. The van der Waals surface area contributed by atoms with E-state index in [1.165, 1.54) is 5.69 Å². The van der Waals surface area contributed by atoms with Crippen LogP contribution in [0.25, 0.3) is 0 Å². The number of hydrogen-bond donors (Lipinski definition) is 1. The van der Waals surface area contributed by atoms with Crippen molar-refractivity contribution in [3.05, 3.63) is 24.3 Å². The fourth-order valence-electron chi connectivity index (χ4n) is 1.94. The number of aliphatic imine (C=N–C) groups is 1. The minimum absolute atomic E-state index is 0.454. The van der Waals surface area contributed by atoms with Crippen molar-refractivity contribution in [2.75, 3.05) is 18.1 Å². The summed E-state index contributed by atoms with van der Waals surface area (Å²) in [5, 5.41) is 3.34. The standard InChI is InChI=1S/C10H11N3/c1-2-4-10-9(3-1)12-6-8-5-11-7-13(8)10/h1-4,6,8,11H,5,7H2. The van der Waals surface area contributed by atoms with Gasteiger partial charge in [0.25, 0.3) is 0 Å². The molecule has 0 radical (unpaired) electrons. The van der Waals surface area contributed by atoms with E-state index in [0.29, 0.717) is 6.04 Å². The van der Waals surface area contributed by atoms with Crippen LogP contribution in [0.15, 0.2) is 29.3 Å². The summed E-state index contributed by atoms with van der Waals surface area (Å²) >= 11 is 0. The largest absolute Gasteiger partial charge is 0.348 e. The lowest BCUT2D eigenvalue weighted by atomic mass is 10.2. The quantitative estimate of drug-likeness (QED) is 0.637. The smallest absolute Gasteiger partial charge is 0.0860 e. The molecule has 0 spiro atoms. The Morgan fingerprint density at radius 2 is 2.31 bits per heavy atom. The third kappa shape index (κ3) is 0.971. The molecule has 2 aliphatic rings. The van der Waals surface area contributed by atoms with Gasteiger partial charge in [-0.05, 0) is 12.1 Å². The highest BCUT2D eigenvalue weighted by atomic mass is 15.3. The van der Waals surface area contributed by atoms with Crippen molar-refractivity contribution in [3.8, 4) is 0 Å². The zero-order valence-corrected chi connectivity index (χ0v) is 7.27. The summed E-state index contributed by atoms with van der Waals surface area (Å²) in [6.07, 6.45) is 2.03. The average Bonchev–Trinajstić information content (AvgIpc) is 2.65. The van der Waals surface area contributed by atoms with Crippen LogP contribution in [-0.4, -0.2) is 25.5 Å². The molecule has 0 saturated carbocycles. The van der Waals surface area contributed by atoms with Crippen LogP contribution < -0.4 is 10.2 Å². The summed E-state index contributed by atoms with van der Waals surface area (Å²) < 4.78 is 0. The molecule has 2 aliphatic heterocycles. The summed E-state index contributed by atoms with van der Waals surface area (Å²) in [6, 6.07) is 8.73. The first-order valence-corrected chi connectivity index (χ1v) is 4.56. The predicted molar refractivity (Wildman–Crippen MR) is 53.7 cm³/mol. The number of rotatable bonds is 0. The van der Waals surface area contributed by atoms with Crippen LogP contribution in [0.1, 0.15) is 0 Å². The molecule has 3 nitrogen and oxygen atoms in total. The Labute approximate surface area is 77.1 Å². The van der Waals surface area contributed by atoms with Gasteiger partial charge in [-0.1, -0.05) is 12.1 Å². The van der Waals surface area contributed by atoms with Gasteiger partial charge in [0.15, 0.2) is 0 Å². The van der Waals surface area contributed by atoms with Gasteiger partial charge >= 0.3 is 0 Å². The minimum atomic E-state index is 0.454. The predicted octanol–water partition coefficient (Wildman–Crippen LogP) is 1.14. The molecule has 2 heterocycles. The van der Waals surface area contributed by atoms with Crippen molar-refractivity contribution < 1.29 is 0 Å². The van der Waals surface area contributed by atoms with E-state index in [9.17, 15) is 0 Å². The molecule has 1 unspecified atom stereocenters. The van der Waals surface area contributed by atoms with Crippen molar-refractivity contribution >= 4 is 17.6 Å². The first-order chi connectivity index (χ1) is 6.45. The number of nitrogens with zero attached hydrogens (tertiary/aromatic N) is 2. The van der Waals surface area contributed by atoms with E-state index in [2.05, 4.69) is 33.4 Å². The molecule has 1 aromatic rings. The summed E-state index contributed by atoms with van der Waals surface area (Å²) in [6.45, 7) is 1.95. The average molecular weight is 173 g/mol. The second-order valence-corrected chi connectivity index (χ2v) is 3.42. The summed E-state index contributed by atoms with van der Waals surface area (Å²) in [5.74, 6) is 0. The zero-order chi connectivity index (χ0) is 8.67. The Bertz CT molecular complexity index is 359. The third-order valence-corrected chi connectivity index (χ3v) is 2.61. The van der Waals surface area contributed by atoms with Crippen LogP contribution in [0.2, 0.25) is 0 Å². The fraction of sp³-hybridized carbons (Fsp3) is 0.300. The van der Waals surface area contributed by atoms with Gasteiger partial charge in [0.1, 0.15) is 0 Å². The van der Waals surface area contributed by atoms with Crippen molar-refractivity contribution in [3.63, 3.8) is 0 Å². The van der Waals surface area contributed by atoms with E-state index < -0.39 is 0 Å². The highest BCUT2D eigenvalue weighted by molar-refractivity contribution is 5.84. The molecule has 3 heteroatoms. The van der Waals surface area contributed by atoms with Crippen molar-refractivity contribution in [1.29, 1.82) is 0 Å². The molecule has 1 saturated heterocycles. The molecular formula is C10H11N3. The highest BCUT2D eigenvalue weighted by Crippen LogP contribution is 2.33. The van der Waals surface area contributed by atoms with E-state index in [-0.39, 0.29) is 0 Å². The molecule has 1 N–H and O–H groups in total. The lowest BCUT2D eigenvalue weighted by molar-refractivity contribution is 0.854. The molecule has 0 amide bonds. The van der Waals surface area contributed by atoms with E-state index >= 15 is 0 Å². The van der Waals surface area contributed by atoms with Crippen molar-refractivity contribution in [1.82, 2.24) is 5.32 Å². The Morgan fingerprint density at radius 3 is 3.31 bits per heavy atom. The van der Waals surface area contributed by atoms with Crippen LogP contribution in [0.4, 0.5) is 11.4 Å². The minimum Gasteiger partial charge on any atom is -0.348 e. The number of anilines is 1. The highest BCUT2D eigenvalue weighted by Gasteiger charge is 2.26. The molecule has 0 aliphatic carbocycles. The maximum Gasteiger partial charge on any atom is 0.0860 e. The van der Waals surface area contributed by atoms with Gasteiger partial charge in [-0.15, -0.1) is 0 Å². The lowest BCUT2D eigenvalue weighted by Crippen LogP contribution is -2.33. The van der Waals surface area contributed by atoms with Crippen LogP contribution in [0.5, 0.6) is 0 Å². The normalized spacial score (nSPS) is 24.3. The summed E-state index contributed by atoms with van der Waals surface area (Å²) in [4.78, 5) is 6.78. The SMILES string of the molecule is C1=Nc2ccccc2N2CNCC12.